The summed E-state index contributed by atoms with van der Waals surface area (Å²) in [4.78, 5) is 16.7. The zero-order valence-corrected chi connectivity index (χ0v) is 12.6. The first-order valence-corrected chi connectivity index (χ1v) is 7.87. The molecule has 22 heavy (non-hydrogen) atoms. The Labute approximate surface area is 128 Å². The highest BCUT2D eigenvalue weighted by atomic mass is 16.5. The fourth-order valence-corrected chi connectivity index (χ4v) is 2.53. The van der Waals surface area contributed by atoms with Crippen LogP contribution in [0.2, 0.25) is 0 Å². The van der Waals surface area contributed by atoms with E-state index in [2.05, 4.69) is 15.6 Å². The molecule has 4 rings (SSSR count). The van der Waals surface area contributed by atoms with E-state index in [9.17, 15) is 4.79 Å². The van der Waals surface area contributed by atoms with Gasteiger partial charge in [0.25, 0.3) is 0 Å². The Morgan fingerprint density at radius 2 is 2.14 bits per heavy atom. The Balaban J connectivity index is 1.39. The highest BCUT2D eigenvalue weighted by molar-refractivity contribution is 5.89. The number of carbonyl (C=O) groups is 1. The number of hydrogen-bond acceptors (Lipinski definition) is 5. The molecule has 2 saturated carbocycles. The van der Waals surface area contributed by atoms with E-state index < -0.39 is 0 Å². The second kappa shape index (κ2) is 5.23. The SMILES string of the molecule is Cc1cc(NC(=O)CCn2nc(C3CC3)nc2C2CC2)no1. The van der Waals surface area contributed by atoms with E-state index in [-0.39, 0.29) is 5.91 Å². The summed E-state index contributed by atoms with van der Waals surface area (Å²) < 4.78 is 6.86. The van der Waals surface area contributed by atoms with E-state index in [0.29, 0.717) is 36.4 Å². The van der Waals surface area contributed by atoms with Crippen molar-refractivity contribution in [2.24, 2.45) is 0 Å². The maximum atomic E-state index is 12.0. The molecule has 2 aliphatic carbocycles. The predicted molar refractivity (Wildman–Crippen MR) is 78.5 cm³/mol. The molecule has 0 atom stereocenters. The van der Waals surface area contributed by atoms with Crippen LogP contribution in [0.1, 0.15) is 61.3 Å². The minimum absolute atomic E-state index is 0.0847. The highest BCUT2D eigenvalue weighted by Gasteiger charge is 2.34. The van der Waals surface area contributed by atoms with Gasteiger partial charge in [-0.1, -0.05) is 5.16 Å². The summed E-state index contributed by atoms with van der Waals surface area (Å²) in [6, 6.07) is 1.70. The van der Waals surface area contributed by atoms with Gasteiger partial charge >= 0.3 is 0 Å². The molecule has 2 aromatic heterocycles. The van der Waals surface area contributed by atoms with Crippen LogP contribution in [-0.4, -0.2) is 25.8 Å². The number of aromatic nitrogens is 4. The number of amides is 1. The molecule has 2 aromatic rings. The van der Waals surface area contributed by atoms with Crippen molar-refractivity contribution < 1.29 is 9.32 Å². The lowest BCUT2D eigenvalue weighted by Crippen LogP contribution is -2.16. The first-order valence-electron chi connectivity index (χ1n) is 7.87. The molecule has 2 aliphatic rings. The molecule has 0 aliphatic heterocycles. The molecule has 1 amide bonds. The van der Waals surface area contributed by atoms with Crippen molar-refractivity contribution in [3.8, 4) is 0 Å². The normalized spacial score (nSPS) is 17.7. The van der Waals surface area contributed by atoms with Crippen molar-refractivity contribution in [1.29, 1.82) is 0 Å². The molecule has 116 valence electrons. The Bertz CT molecular complexity index is 697. The quantitative estimate of drug-likeness (QED) is 0.885. The third-order valence-electron chi connectivity index (χ3n) is 4.05. The standard InChI is InChI=1S/C15H19N5O2/c1-9-8-12(19-22-9)16-13(21)6-7-20-15(11-4-5-11)17-14(18-20)10-2-3-10/h8,10-11H,2-7H2,1H3,(H,16,19,21). The van der Waals surface area contributed by atoms with Crippen LogP contribution in [0.4, 0.5) is 5.82 Å². The molecule has 1 N–H and O–H groups in total. The Morgan fingerprint density at radius 3 is 2.77 bits per heavy atom. The number of carbonyl (C=O) groups excluding carboxylic acids is 1. The summed E-state index contributed by atoms with van der Waals surface area (Å²) in [7, 11) is 0. The number of anilines is 1. The van der Waals surface area contributed by atoms with Gasteiger partial charge in [-0.05, 0) is 32.6 Å². The second-order valence-electron chi connectivity index (χ2n) is 6.22. The van der Waals surface area contributed by atoms with Crippen LogP contribution in [-0.2, 0) is 11.3 Å². The fraction of sp³-hybridized carbons (Fsp3) is 0.600. The zero-order valence-electron chi connectivity index (χ0n) is 12.6. The summed E-state index contributed by atoms with van der Waals surface area (Å²) in [5, 5.41) is 11.1. The van der Waals surface area contributed by atoms with Gasteiger partial charge in [0.2, 0.25) is 5.91 Å². The molecule has 7 nitrogen and oxygen atoms in total. The van der Waals surface area contributed by atoms with Crippen LogP contribution < -0.4 is 5.32 Å². The average Bonchev–Trinajstić information content (AvgIpc) is 3.42. The van der Waals surface area contributed by atoms with E-state index >= 15 is 0 Å². The first-order chi connectivity index (χ1) is 10.7. The molecule has 2 heterocycles. The monoisotopic (exact) mass is 301 g/mol. The number of nitrogens with one attached hydrogen (secondary N) is 1. The molecular weight excluding hydrogens is 282 g/mol. The van der Waals surface area contributed by atoms with Crippen molar-refractivity contribution in [1.82, 2.24) is 19.9 Å². The average molecular weight is 301 g/mol. The lowest BCUT2D eigenvalue weighted by Gasteiger charge is -2.04. The van der Waals surface area contributed by atoms with E-state index in [1.54, 1.807) is 13.0 Å². The van der Waals surface area contributed by atoms with Crippen LogP contribution in [0.25, 0.3) is 0 Å². The van der Waals surface area contributed by atoms with Gasteiger partial charge in [-0.2, -0.15) is 5.10 Å². The number of nitrogens with zero attached hydrogens (tertiary/aromatic N) is 4. The summed E-state index contributed by atoms with van der Waals surface area (Å²) >= 11 is 0. The summed E-state index contributed by atoms with van der Waals surface area (Å²) in [5.74, 6) is 4.17. The van der Waals surface area contributed by atoms with Gasteiger partial charge in [0.05, 0.1) is 6.54 Å². The zero-order chi connectivity index (χ0) is 15.1. The molecule has 0 bridgehead atoms. The third-order valence-corrected chi connectivity index (χ3v) is 4.05. The largest absolute Gasteiger partial charge is 0.360 e. The number of rotatable bonds is 6. The molecule has 0 radical (unpaired) electrons. The van der Waals surface area contributed by atoms with E-state index in [4.69, 9.17) is 9.51 Å². The van der Waals surface area contributed by atoms with Crippen molar-refractivity contribution >= 4 is 11.7 Å². The van der Waals surface area contributed by atoms with Crippen molar-refractivity contribution in [2.75, 3.05) is 5.32 Å². The molecule has 0 unspecified atom stereocenters. The lowest BCUT2D eigenvalue weighted by atomic mass is 10.3. The third kappa shape index (κ3) is 2.88. The van der Waals surface area contributed by atoms with E-state index in [1.807, 2.05) is 4.68 Å². The van der Waals surface area contributed by atoms with Gasteiger partial charge in [0.15, 0.2) is 11.6 Å². The minimum Gasteiger partial charge on any atom is -0.360 e. The summed E-state index contributed by atoms with van der Waals surface area (Å²) in [6.45, 7) is 2.35. The van der Waals surface area contributed by atoms with Gasteiger partial charge < -0.3 is 9.84 Å². The summed E-state index contributed by atoms with van der Waals surface area (Å²) in [6.07, 6.45) is 5.12. The fourth-order valence-electron chi connectivity index (χ4n) is 2.53. The van der Waals surface area contributed by atoms with Gasteiger partial charge in [0.1, 0.15) is 11.6 Å². The maximum Gasteiger partial charge on any atom is 0.227 e. The topological polar surface area (TPSA) is 85.8 Å². The molecule has 0 aromatic carbocycles. The maximum absolute atomic E-state index is 12.0. The van der Waals surface area contributed by atoms with E-state index in [0.717, 1.165) is 11.6 Å². The van der Waals surface area contributed by atoms with Gasteiger partial charge in [-0.15, -0.1) is 0 Å². The van der Waals surface area contributed by atoms with Gasteiger partial charge in [-0.25, -0.2) is 9.67 Å². The van der Waals surface area contributed by atoms with Crippen molar-refractivity contribution in [3.63, 3.8) is 0 Å². The highest BCUT2D eigenvalue weighted by Crippen LogP contribution is 2.42. The molecule has 2 fully saturated rings. The van der Waals surface area contributed by atoms with Crippen LogP contribution >= 0.6 is 0 Å². The number of aryl methyl sites for hydroxylation is 2. The molecule has 0 saturated heterocycles. The van der Waals surface area contributed by atoms with Crippen molar-refractivity contribution in [3.05, 3.63) is 23.5 Å². The number of hydrogen-bond donors (Lipinski definition) is 1. The van der Waals surface area contributed by atoms with Crippen LogP contribution in [0.3, 0.4) is 0 Å². The van der Waals surface area contributed by atoms with Gasteiger partial charge in [0, 0.05) is 24.3 Å². The van der Waals surface area contributed by atoms with Crippen LogP contribution in [0.15, 0.2) is 10.6 Å². The molecule has 7 heteroatoms. The minimum atomic E-state index is -0.0847. The van der Waals surface area contributed by atoms with Crippen LogP contribution in [0, 0.1) is 6.92 Å². The van der Waals surface area contributed by atoms with Crippen LogP contribution in [0.5, 0.6) is 0 Å². The molecular formula is C15H19N5O2. The molecule has 0 spiro atoms. The second-order valence-corrected chi connectivity index (χ2v) is 6.22. The first kappa shape index (κ1) is 13.5. The Kier molecular flexibility index (Phi) is 3.20. The van der Waals surface area contributed by atoms with E-state index in [1.165, 1.54) is 25.7 Å². The van der Waals surface area contributed by atoms with Crippen molar-refractivity contribution in [2.45, 2.75) is 57.4 Å². The lowest BCUT2D eigenvalue weighted by molar-refractivity contribution is -0.116. The smallest absolute Gasteiger partial charge is 0.227 e. The Morgan fingerprint density at radius 1 is 1.36 bits per heavy atom. The van der Waals surface area contributed by atoms with Gasteiger partial charge in [-0.3, -0.25) is 4.79 Å². The summed E-state index contributed by atoms with van der Waals surface area (Å²) in [5.41, 5.74) is 0. The predicted octanol–water partition coefficient (Wildman–Crippen LogP) is 2.36. The Hall–Kier alpha value is -2.18.